The molecule has 4 aromatic rings. The maximum atomic E-state index is 14.0. The molecule has 0 saturated heterocycles. The highest BCUT2D eigenvalue weighted by atomic mass is 32.2. The molecule has 0 amide bonds. The average Bonchev–Trinajstić information content (AvgIpc) is 2.79. The SMILES string of the molecule is Cc1ccc(S(=O)[C@H](c2ccccc2)P(c2ccccc2)c2ccccc2)cc1. The summed E-state index contributed by atoms with van der Waals surface area (Å²) >= 11 is 0. The van der Waals surface area contributed by atoms with Gasteiger partial charge in [-0.2, -0.15) is 0 Å². The minimum Gasteiger partial charge on any atom is -0.253 e. The fourth-order valence-electron chi connectivity index (χ4n) is 3.38. The molecule has 4 aromatic carbocycles. The number of benzene rings is 4. The smallest absolute Gasteiger partial charge is 0.0922 e. The summed E-state index contributed by atoms with van der Waals surface area (Å²) in [6, 6.07) is 39.5. The van der Waals surface area contributed by atoms with E-state index in [4.69, 9.17) is 0 Å². The summed E-state index contributed by atoms with van der Waals surface area (Å²) in [4.78, 5) is 0.752. The second-order valence-corrected chi connectivity index (χ2v) is 11.1. The number of hydrogen-bond acceptors (Lipinski definition) is 1. The lowest BCUT2D eigenvalue weighted by molar-refractivity contribution is 0.681. The van der Waals surface area contributed by atoms with Crippen LogP contribution in [0.25, 0.3) is 0 Å². The second-order valence-electron chi connectivity index (χ2n) is 6.91. The van der Waals surface area contributed by atoms with E-state index in [0.29, 0.717) is 0 Å². The van der Waals surface area contributed by atoms with E-state index in [0.717, 1.165) is 10.5 Å². The van der Waals surface area contributed by atoms with Crippen molar-refractivity contribution in [2.24, 2.45) is 0 Å². The third-order valence-corrected chi connectivity index (χ3v) is 9.94. The quantitative estimate of drug-likeness (QED) is 0.357. The van der Waals surface area contributed by atoms with E-state index < -0.39 is 18.7 Å². The molecule has 144 valence electrons. The van der Waals surface area contributed by atoms with Crippen LogP contribution in [0, 0.1) is 6.92 Å². The fourth-order valence-corrected chi connectivity index (χ4v) is 8.61. The van der Waals surface area contributed by atoms with Gasteiger partial charge in [0.1, 0.15) is 0 Å². The molecular formula is C26H23OPS. The van der Waals surface area contributed by atoms with E-state index in [1.807, 2.05) is 54.6 Å². The molecule has 0 aliphatic heterocycles. The third-order valence-electron chi connectivity index (χ3n) is 4.84. The highest BCUT2D eigenvalue weighted by molar-refractivity contribution is 7.96. The normalized spacial score (nSPS) is 13.2. The Morgan fingerprint density at radius 1 is 0.621 bits per heavy atom. The molecule has 0 aromatic heterocycles. The molecular weight excluding hydrogens is 391 g/mol. The minimum absolute atomic E-state index is 0.126. The van der Waals surface area contributed by atoms with Gasteiger partial charge in [0.25, 0.3) is 0 Å². The lowest BCUT2D eigenvalue weighted by Gasteiger charge is -2.28. The van der Waals surface area contributed by atoms with Gasteiger partial charge in [0, 0.05) is 4.90 Å². The molecule has 0 aliphatic rings. The van der Waals surface area contributed by atoms with Crippen LogP contribution in [0.15, 0.2) is 120 Å². The standard InChI is InChI=1S/C26H23OPS/c1-21-17-19-25(20-18-21)29(27)26(22-11-5-2-6-12-22)28(23-13-7-3-8-14-23)24-15-9-4-10-16-24/h2-20,26H,1H3/t26-,29?/m1/s1. The Morgan fingerprint density at radius 3 is 1.55 bits per heavy atom. The highest BCUT2D eigenvalue weighted by Crippen LogP contribution is 2.52. The Morgan fingerprint density at radius 2 is 1.07 bits per heavy atom. The van der Waals surface area contributed by atoms with Crippen LogP contribution in [0.4, 0.5) is 0 Å². The highest BCUT2D eigenvalue weighted by Gasteiger charge is 2.31. The fraction of sp³-hybridized carbons (Fsp3) is 0.0769. The molecule has 0 radical (unpaired) electrons. The molecule has 1 nitrogen and oxygen atoms in total. The Bertz CT molecular complexity index is 1020. The molecule has 0 heterocycles. The van der Waals surface area contributed by atoms with Gasteiger partial charge in [0.15, 0.2) is 0 Å². The molecule has 0 bridgehead atoms. The van der Waals surface area contributed by atoms with Crippen molar-refractivity contribution >= 4 is 29.3 Å². The van der Waals surface area contributed by atoms with Crippen molar-refractivity contribution in [1.29, 1.82) is 0 Å². The van der Waals surface area contributed by atoms with Gasteiger partial charge in [0.2, 0.25) is 0 Å². The van der Waals surface area contributed by atoms with Crippen LogP contribution in [0.3, 0.4) is 0 Å². The third kappa shape index (κ3) is 4.56. The monoisotopic (exact) mass is 414 g/mol. The first-order valence-electron chi connectivity index (χ1n) is 9.65. The first-order chi connectivity index (χ1) is 14.2. The van der Waals surface area contributed by atoms with E-state index >= 15 is 0 Å². The maximum absolute atomic E-state index is 14.0. The Balaban J connectivity index is 1.89. The molecule has 0 aliphatic carbocycles. The van der Waals surface area contributed by atoms with Crippen molar-refractivity contribution in [2.75, 3.05) is 0 Å². The molecule has 29 heavy (non-hydrogen) atoms. The van der Waals surface area contributed by atoms with Crippen molar-refractivity contribution < 1.29 is 4.21 Å². The van der Waals surface area contributed by atoms with Crippen LogP contribution in [-0.4, -0.2) is 4.21 Å². The van der Waals surface area contributed by atoms with Crippen molar-refractivity contribution in [1.82, 2.24) is 0 Å². The van der Waals surface area contributed by atoms with E-state index in [1.54, 1.807) is 0 Å². The van der Waals surface area contributed by atoms with Gasteiger partial charge in [-0.3, -0.25) is 4.21 Å². The molecule has 0 N–H and O–H groups in total. The Labute approximate surface area is 176 Å². The van der Waals surface area contributed by atoms with Crippen LogP contribution in [0.5, 0.6) is 0 Å². The van der Waals surface area contributed by atoms with Crippen molar-refractivity contribution in [3.8, 4) is 0 Å². The van der Waals surface area contributed by atoms with Gasteiger partial charge >= 0.3 is 0 Å². The van der Waals surface area contributed by atoms with Gasteiger partial charge in [0.05, 0.1) is 15.8 Å². The predicted molar refractivity (Wildman–Crippen MR) is 126 cm³/mol. The lowest BCUT2D eigenvalue weighted by Crippen LogP contribution is -2.20. The van der Waals surface area contributed by atoms with Crippen molar-refractivity contribution in [2.45, 2.75) is 16.8 Å². The molecule has 4 rings (SSSR count). The van der Waals surface area contributed by atoms with Gasteiger partial charge in [-0.15, -0.1) is 0 Å². The van der Waals surface area contributed by atoms with E-state index in [9.17, 15) is 4.21 Å². The molecule has 3 heteroatoms. The Kier molecular flexibility index (Phi) is 6.34. The molecule has 0 fully saturated rings. The zero-order valence-electron chi connectivity index (χ0n) is 16.3. The van der Waals surface area contributed by atoms with Crippen LogP contribution in [-0.2, 0) is 10.8 Å². The topological polar surface area (TPSA) is 17.1 Å². The van der Waals surface area contributed by atoms with Crippen molar-refractivity contribution in [3.05, 3.63) is 126 Å². The summed E-state index contributed by atoms with van der Waals surface area (Å²) in [6.07, 6.45) is 0. The maximum Gasteiger partial charge on any atom is 0.0922 e. The summed E-state index contributed by atoms with van der Waals surface area (Å²) in [7, 11) is -2.04. The molecule has 1 unspecified atom stereocenters. The van der Waals surface area contributed by atoms with E-state index in [1.165, 1.54) is 16.2 Å². The van der Waals surface area contributed by atoms with Gasteiger partial charge < -0.3 is 0 Å². The zero-order chi connectivity index (χ0) is 20.1. The summed E-state index contributed by atoms with van der Waals surface area (Å²) in [5, 5.41) is 2.48. The number of hydrogen-bond donors (Lipinski definition) is 0. The largest absolute Gasteiger partial charge is 0.253 e. The summed E-state index contributed by atoms with van der Waals surface area (Å²) in [5.74, 6) is 0. The second kappa shape index (κ2) is 9.31. The minimum atomic E-state index is -1.18. The average molecular weight is 415 g/mol. The predicted octanol–water partition coefficient (Wildman–Crippen LogP) is 5.93. The summed E-state index contributed by atoms with van der Waals surface area (Å²) in [6.45, 7) is 2.06. The lowest BCUT2D eigenvalue weighted by atomic mass is 10.2. The van der Waals surface area contributed by atoms with Crippen LogP contribution < -0.4 is 10.6 Å². The molecule has 2 atom stereocenters. The van der Waals surface area contributed by atoms with Gasteiger partial charge in [-0.25, -0.2) is 0 Å². The van der Waals surface area contributed by atoms with Crippen LogP contribution in [0.2, 0.25) is 0 Å². The van der Waals surface area contributed by atoms with Gasteiger partial charge in [-0.1, -0.05) is 109 Å². The Hall–Kier alpha value is -2.54. The zero-order valence-corrected chi connectivity index (χ0v) is 18.0. The first-order valence-corrected chi connectivity index (χ1v) is 12.3. The van der Waals surface area contributed by atoms with Crippen LogP contribution >= 0.6 is 7.92 Å². The number of aryl methyl sites for hydroxylation is 1. The summed E-state index contributed by atoms with van der Waals surface area (Å²) in [5.41, 5.74) is 2.29. The van der Waals surface area contributed by atoms with Gasteiger partial charge in [-0.05, 0) is 43.2 Å². The molecule has 0 saturated carbocycles. The van der Waals surface area contributed by atoms with E-state index in [2.05, 4.69) is 67.6 Å². The van der Waals surface area contributed by atoms with Crippen molar-refractivity contribution in [3.63, 3.8) is 0 Å². The summed E-state index contributed by atoms with van der Waals surface area (Å²) < 4.78 is 14.0. The molecule has 0 spiro atoms. The van der Waals surface area contributed by atoms with Crippen LogP contribution in [0.1, 0.15) is 16.1 Å². The first kappa shape index (κ1) is 19.8. The number of rotatable bonds is 6. The van der Waals surface area contributed by atoms with E-state index in [-0.39, 0.29) is 4.99 Å².